The highest BCUT2D eigenvalue weighted by atomic mass is 19.4. The van der Waals surface area contributed by atoms with Crippen LogP contribution in [0.4, 0.5) is 39.5 Å². The van der Waals surface area contributed by atoms with E-state index < -0.39 is 71.2 Å². The van der Waals surface area contributed by atoms with Gasteiger partial charge in [-0.2, -0.15) is 39.5 Å². The molecule has 12 heteroatoms. The molecule has 35 heavy (non-hydrogen) atoms. The summed E-state index contributed by atoms with van der Waals surface area (Å²) in [6.07, 6.45) is -14.4. The third-order valence-corrected chi connectivity index (χ3v) is 6.27. The van der Waals surface area contributed by atoms with E-state index >= 15 is 0 Å². The molecular formula is C23H20F9NO2. The first-order chi connectivity index (χ1) is 16.0. The largest absolute Gasteiger partial charge is 0.481 e. The number of alkyl halides is 9. The van der Waals surface area contributed by atoms with Crippen molar-refractivity contribution in [2.45, 2.75) is 44.5 Å². The van der Waals surface area contributed by atoms with Crippen LogP contribution >= 0.6 is 0 Å². The smallest absolute Gasteiger partial charge is 0.416 e. The number of aliphatic carboxylic acids is 1. The van der Waals surface area contributed by atoms with E-state index in [1.807, 2.05) is 0 Å². The lowest BCUT2D eigenvalue weighted by Gasteiger charge is -2.27. The van der Waals surface area contributed by atoms with Crippen LogP contribution in [0.25, 0.3) is 0 Å². The number of hydrogen-bond donors (Lipinski definition) is 1. The van der Waals surface area contributed by atoms with Gasteiger partial charge in [-0.3, -0.25) is 9.69 Å². The first-order valence-electron chi connectivity index (χ1n) is 10.4. The van der Waals surface area contributed by atoms with Gasteiger partial charge in [0.15, 0.2) is 0 Å². The molecule has 3 nitrogen and oxygen atoms in total. The quantitative estimate of drug-likeness (QED) is 0.437. The molecule has 0 aromatic heterocycles. The summed E-state index contributed by atoms with van der Waals surface area (Å²) in [5.74, 6) is -2.68. The van der Waals surface area contributed by atoms with Gasteiger partial charge in [-0.05, 0) is 53.8 Å². The van der Waals surface area contributed by atoms with Crippen LogP contribution in [-0.4, -0.2) is 22.5 Å². The van der Waals surface area contributed by atoms with Crippen molar-refractivity contribution in [3.63, 3.8) is 0 Å². The maximum Gasteiger partial charge on any atom is 0.416 e. The van der Waals surface area contributed by atoms with Gasteiger partial charge >= 0.3 is 24.5 Å². The van der Waals surface area contributed by atoms with Crippen molar-refractivity contribution in [1.82, 2.24) is 4.90 Å². The molecule has 1 N–H and O–H groups in total. The number of carbonyl (C=O) groups is 1. The first kappa shape index (κ1) is 26.8. The molecule has 1 fully saturated rings. The van der Waals surface area contributed by atoms with Gasteiger partial charge in [0.1, 0.15) is 0 Å². The van der Waals surface area contributed by atoms with E-state index in [-0.39, 0.29) is 13.0 Å². The Morgan fingerprint density at radius 1 is 0.914 bits per heavy atom. The van der Waals surface area contributed by atoms with Crippen LogP contribution in [0, 0.1) is 11.8 Å². The van der Waals surface area contributed by atoms with E-state index in [1.165, 1.54) is 11.8 Å². The van der Waals surface area contributed by atoms with E-state index in [1.54, 1.807) is 0 Å². The number of carboxylic acid groups (broad SMARTS) is 1. The average Bonchev–Trinajstić information content (AvgIpc) is 3.14. The lowest BCUT2D eigenvalue weighted by atomic mass is 9.90. The summed E-state index contributed by atoms with van der Waals surface area (Å²) in [6, 6.07) is 4.17. The number of rotatable bonds is 5. The molecule has 2 aromatic rings. The second kappa shape index (κ2) is 9.36. The molecule has 0 amide bonds. The van der Waals surface area contributed by atoms with Crippen molar-refractivity contribution in [1.29, 1.82) is 0 Å². The Bertz CT molecular complexity index is 1060. The molecule has 3 unspecified atom stereocenters. The number of nitrogens with zero attached hydrogens (tertiary/aromatic N) is 1. The van der Waals surface area contributed by atoms with Crippen LogP contribution in [-0.2, 0) is 29.9 Å². The minimum absolute atomic E-state index is 0.0628. The Hall–Kier alpha value is -2.76. The molecule has 1 saturated heterocycles. The number of halogens is 9. The third-order valence-electron chi connectivity index (χ3n) is 6.27. The van der Waals surface area contributed by atoms with Gasteiger partial charge in [-0.25, -0.2) is 0 Å². The molecule has 3 rings (SSSR count). The zero-order valence-electron chi connectivity index (χ0n) is 18.1. The number of likely N-dealkylation sites (tertiary alicyclic amines) is 1. The summed E-state index contributed by atoms with van der Waals surface area (Å²) < 4.78 is 119. The Balaban J connectivity index is 2.02. The third kappa shape index (κ3) is 6.09. The molecule has 1 heterocycles. The van der Waals surface area contributed by atoms with E-state index in [0.717, 1.165) is 24.3 Å². The average molecular weight is 513 g/mol. The predicted octanol–water partition coefficient (Wildman–Crippen LogP) is 7.03. The van der Waals surface area contributed by atoms with Crippen LogP contribution < -0.4 is 0 Å². The molecule has 192 valence electrons. The standard InChI is InChI=1S/C23H20F9NO2/c1-12(20(34)35)14-9-19(13-2-4-16(5-3-13)21(24,25)26)33(10-14)11-15-8-17(22(27,28)29)6-7-18(15)23(30,31)32/h2-8,12,14,19H,9-11H2,1H3,(H,34,35). The van der Waals surface area contributed by atoms with Crippen molar-refractivity contribution in [2.24, 2.45) is 11.8 Å². The van der Waals surface area contributed by atoms with Gasteiger partial charge in [0.2, 0.25) is 0 Å². The summed E-state index contributed by atoms with van der Waals surface area (Å²) in [5.41, 5.74) is -3.86. The van der Waals surface area contributed by atoms with Gasteiger partial charge in [-0.1, -0.05) is 19.1 Å². The molecule has 0 radical (unpaired) electrons. The molecule has 0 spiro atoms. The lowest BCUT2D eigenvalue weighted by molar-refractivity contribution is -0.143. The SMILES string of the molecule is CC(C(=O)O)C1CC(c2ccc(C(F)(F)F)cc2)N(Cc2cc(C(F)(F)F)ccc2C(F)(F)F)C1. The maximum absolute atomic E-state index is 13.6. The highest BCUT2D eigenvalue weighted by molar-refractivity contribution is 5.70. The minimum Gasteiger partial charge on any atom is -0.481 e. The fourth-order valence-electron chi connectivity index (χ4n) is 4.31. The van der Waals surface area contributed by atoms with Crippen LogP contribution in [0.15, 0.2) is 42.5 Å². The molecular weight excluding hydrogens is 493 g/mol. The highest BCUT2D eigenvalue weighted by Crippen LogP contribution is 2.43. The molecule has 0 saturated carbocycles. The summed E-state index contributed by atoms with van der Waals surface area (Å²) in [4.78, 5) is 12.9. The number of carboxylic acids is 1. The zero-order valence-corrected chi connectivity index (χ0v) is 18.1. The second-order valence-corrected chi connectivity index (χ2v) is 8.56. The van der Waals surface area contributed by atoms with Crippen molar-refractivity contribution in [3.05, 3.63) is 70.3 Å². The van der Waals surface area contributed by atoms with E-state index in [9.17, 15) is 49.4 Å². The van der Waals surface area contributed by atoms with E-state index in [2.05, 4.69) is 0 Å². The fourth-order valence-corrected chi connectivity index (χ4v) is 4.31. The van der Waals surface area contributed by atoms with Crippen LogP contribution in [0.5, 0.6) is 0 Å². The highest BCUT2D eigenvalue weighted by Gasteiger charge is 2.41. The van der Waals surface area contributed by atoms with Gasteiger partial charge in [0, 0.05) is 19.1 Å². The molecule has 0 aliphatic carbocycles. The summed E-state index contributed by atoms with van der Waals surface area (Å²) in [6.45, 7) is 0.728. The second-order valence-electron chi connectivity index (χ2n) is 8.56. The Kier molecular flexibility index (Phi) is 7.18. The van der Waals surface area contributed by atoms with Crippen LogP contribution in [0.3, 0.4) is 0 Å². The molecule has 0 bridgehead atoms. The van der Waals surface area contributed by atoms with Crippen molar-refractivity contribution in [2.75, 3.05) is 6.54 Å². The van der Waals surface area contributed by atoms with E-state index in [0.29, 0.717) is 23.8 Å². The predicted molar refractivity (Wildman–Crippen MR) is 106 cm³/mol. The summed E-state index contributed by atoms with van der Waals surface area (Å²) in [5, 5.41) is 9.36. The Morgan fingerprint density at radius 3 is 1.94 bits per heavy atom. The van der Waals surface area contributed by atoms with Crippen molar-refractivity contribution in [3.8, 4) is 0 Å². The maximum atomic E-state index is 13.6. The minimum atomic E-state index is -4.95. The van der Waals surface area contributed by atoms with Crippen LogP contribution in [0.2, 0.25) is 0 Å². The van der Waals surface area contributed by atoms with Gasteiger partial charge < -0.3 is 5.11 Å². The summed E-state index contributed by atoms with van der Waals surface area (Å²) >= 11 is 0. The zero-order chi connectivity index (χ0) is 26.3. The van der Waals surface area contributed by atoms with Gasteiger partial charge in [-0.15, -0.1) is 0 Å². The fraction of sp³-hybridized carbons (Fsp3) is 0.435. The van der Waals surface area contributed by atoms with Crippen molar-refractivity contribution >= 4 is 5.97 Å². The normalized spacial score (nSPS) is 20.7. The van der Waals surface area contributed by atoms with Crippen molar-refractivity contribution < 1.29 is 49.4 Å². The Labute approximate surface area is 194 Å². The van der Waals surface area contributed by atoms with Gasteiger partial charge in [0.25, 0.3) is 0 Å². The molecule has 1 aliphatic heterocycles. The van der Waals surface area contributed by atoms with E-state index in [4.69, 9.17) is 0 Å². The molecule has 2 aromatic carbocycles. The monoisotopic (exact) mass is 513 g/mol. The van der Waals surface area contributed by atoms with Crippen LogP contribution in [0.1, 0.15) is 47.2 Å². The molecule has 1 aliphatic rings. The van der Waals surface area contributed by atoms with Gasteiger partial charge in [0.05, 0.1) is 22.6 Å². The number of hydrogen-bond acceptors (Lipinski definition) is 2. The lowest BCUT2D eigenvalue weighted by Crippen LogP contribution is -2.28. The molecule has 3 atom stereocenters. The number of benzene rings is 2. The first-order valence-corrected chi connectivity index (χ1v) is 10.4. The Morgan fingerprint density at radius 2 is 1.46 bits per heavy atom. The topological polar surface area (TPSA) is 40.5 Å². The summed E-state index contributed by atoms with van der Waals surface area (Å²) in [7, 11) is 0.